The first kappa shape index (κ1) is 17.2. The molecule has 0 aromatic heterocycles. The Morgan fingerprint density at radius 1 is 1.15 bits per heavy atom. The Bertz CT molecular complexity index is 328. The third-order valence-electron chi connectivity index (χ3n) is 4.42. The second kappa shape index (κ2) is 9.11. The summed E-state index contributed by atoms with van der Waals surface area (Å²) in [5.41, 5.74) is 0. The van der Waals surface area contributed by atoms with Gasteiger partial charge in [-0.15, -0.1) is 0 Å². The molecular formula is C16H31N2O2+. The highest BCUT2D eigenvalue weighted by Crippen LogP contribution is 2.20. The maximum absolute atomic E-state index is 11.1. The van der Waals surface area contributed by atoms with E-state index in [0.29, 0.717) is 4.48 Å². The fourth-order valence-electron chi connectivity index (χ4n) is 3.09. The Morgan fingerprint density at radius 3 is 2.40 bits per heavy atom. The lowest BCUT2D eigenvalue weighted by molar-refractivity contribution is -0.826. The molecule has 20 heavy (non-hydrogen) atoms. The Kier molecular flexibility index (Phi) is 7.82. The van der Waals surface area contributed by atoms with E-state index in [1.807, 2.05) is 0 Å². The third kappa shape index (κ3) is 5.23. The summed E-state index contributed by atoms with van der Waals surface area (Å²) in [6.45, 7) is 7.03. The molecule has 1 aliphatic heterocycles. The third-order valence-corrected chi connectivity index (χ3v) is 4.42. The molecule has 0 radical (unpaired) electrons. The van der Waals surface area contributed by atoms with Crippen molar-refractivity contribution < 1.29 is 14.4 Å². The van der Waals surface area contributed by atoms with E-state index >= 15 is 0 Å². The lowest BCUT2D eigenvalue weighted by Crippen LogP contribution is -2.53. The van der Waals surface area contributed by atoms with Crippen molar-refractivity contribution in [2.45, 2.75) is 65.2 Å². The Hall–Kier alpha value is -0.900. The number of carboxylic acid groups (broad SMARTS) is 1. The summed E-state index contributed by atoms with van der Waals surface area (Å²) in [6.07, 6.45) is 10.0. The van der Waals surface area contributed by atoms with Gasteiger partial charge >= 0.3 is 5.97 Å². The van der Waals surface area contributed by atoms with Crippen molar-refractivity contribution in [2.75, 3.05) is 26.2 Å². The van der Waals surface area contributed by atoms with Gasteiger partial charge in [-0.2, -0.15) is 0 Å². The van der Waals surface area contributed by atoms with E-state index in [0.717, 1.165) is 38.3 Å². The van der Waals surface area contributed by atoms with Crippen molar-refractivity contribution in [3.05, 3.63) is 0 Å². The van der Waals surface area contributed by atoms with Gasteiger partial charge in [0.05, 0.1) is 13.1 Å². The SMILES string of the molecule is CCCCCCCCCC1=NCC[N+]1(CC)CC(=O)O. The van der Waals surface area contributed by atoms with E-state index in [4.69, 9.17) is 5.11 Å². The Labute approximate surface area is 123 Å². The molecule has 0 saturated carbocycles. The van der Waals surface area contributed by atoms with Crippen LogP contribution in [-0.2, 0) is 4.79 Å². The number of likely N-dealkylation sites (N-methyl/N-ethyl adjacent to an activating group) is 1. The van der Waals surface area contributed by atoms with Crippen LogP contribution in [0.2, 0.25) is 0 Å². The maximum atomic E-state index is 11.1. The van der Waals surface area contributed by atoms with E-state index in [9.17, 15) is 4.79 Å². The van der Waals surface area contributed by atoms with E-state index in [-0.39, 0.29) is 6.54 Å². The molecule has 0 amide bonds. The molecule has 0 saturated heterocycles. The molecule has 4 heteroatoms. The van der Waals surface area contributed by atoms with Crippen LogP contribution in [-0.4, -0.2) is 47.6 Å². The van der Waals surface area contributed by atoms with Crippen molar-refractivity contribution >= 4 is 11.8 Å². The van der Waals surface area contributed by atoms with Crippen LogP contribution in [0, 0.1) is 0 Å². The average Bonchev–Trinajstić information content (AvgIpc) is 2.80. The maximum Gasteiger partial charge on any atom is 0.359 e. The number of amidine groups is 1. The minimum atomic E-state index is -0.707. The summed E-state index contributed by atoms with van der Waals surface area (Å²) < 4.78 is 0.588. The van der Waals surface area contributed by atoms with Crippen molar-refractivity contribution in [1.82, 2.24) is 0 Å². The van der Waals surface area contributed by atoms with Crippen molar-refractivity contribution in [1.29, 1.82) is 0 Å². The first-order valence-electron chi connectivity index (χ1n) is 8.26. The van der Waals surface area contributed by atoms with Crippen molar-refractivity contribution in [3.63, 3.8) is 0 Å². The summed E-state index contributed by atoms with van der Waals surface area (Å²) in [5.74, 6) is 0.421. The monoisotopic (exact) mass is 283 g/mol. The van der Waals surface area contributed by atoms with Gasteiger partial charge in [-0.05, 0) is 13.3 Å². The van der Waals surface area contributed by atoms with Gasteiger partial charge in [0.15, 0.2) is 12.4 Å². The summed E-state index contributed by atoms with van der Waals surface area (Å²) in [5, 5.41) is 9.11. The van der Waals surface area contributed by atoms with Gasteiger partial charge in [-0.25, -0.2) is 9.79 Å². The van der Waals surface area contributed by atoms with Crippen LogP contribution < -0.4 is 0 Å². The number of nitrogens with zero attached hydrogens (tertiary/aromatic N) is 2. The lowest BCUT2D eigenvalue weighted by atomic mass is 10.1. The highest BCUT2D eigenvalue weighted by molar-refractivity contribution is 5.80. The van der Waals surface area contributed by atoms with Crippen LogP contribution in [0.5, 0.6) is 0 Å². The summed E-state index contributed by atoms with van der Waals surface area (Å²) in [4.78, 5) is 15.7. The molecule has 1 rings (SSSR count). The van der Waals surface area contributed by atoms with Gasteiger partial charge < -0.3 is 5.11 Å². The van der Waals surface area contributed by atoms with Gasteiger partial charge in [-0.3, -0.25) is 4.48 Å². The largest absolute Gasteiger partial charge is 0.477 e. The second-order valence-corrected chi connectivity index (χ2v) is 5.91. The minimum absolute atomic E-state index is 0.200. The smallest absolute Gasteiger partial charge is 0.359 e. The van der Waals surface area contributed by atoms with E-state index in [1.54, 1.807) is 0 Å². The molecule has 1 atom stereocenters. The molecule has 1 unspecified atom stereocenters. The summed E-state index contributed by atoms with van der Waals surface area (Å²) >= 11 is 0. The molecule has 0 aromatic carbocycles. The molecular weight excluding hydrogens is 252 g/mol. The molecule has 0 fully saturated rings. The van der Waals surface area contributed by atoms with E-state index in [2.05, 4.69) is 18.8 Å². The number of hydrogen-bond donors (Lipinski definition) is 1. The second-order valence-electron chi connectivity index (χ2n) is 5.91. The van der Waals surface area contributed by atoms with Crippen LogP contribution in [0.25, 0.3) is 0 Å². The zero-order chi connectivity index (χ0) is 14.8. The number of unbranched alkanes of at least 4 members (excludes halogenated alkanes) is 6. The number of quaternary nitrogens is 1. The molecule has 0 spiro atoms. The van der Waals surface area contributed by atoms with E-state index < -0.39 is 5.97 Å². The predicted molar refractivity (Wildman–Crippen MR) is 83.1 cm³/mol. The highest BCUT2D eigenvalue weighted by Gasteiger charge is 2.38. The summed E-state index contributed by atoms with van der Waals surface area (Å²) in [7, 11) is 0. The Balaban J connectivity index is 2.29. The standard InChI is InChI=1S/C16H30N2O2/c1-3-5-6-7-8-9-10-11-15-17-12-13-18(15,4-2)14-16(19)20/h3-14H2,1-2H3/p+1. The first-order valence-corrected chi connectivity index (χ1v) is 8.26. The number of carboxylic acids is 1. The molecule has 1 heterocycles. The topological polar surface area (TPSA) is 49.7 Å². The van der Waals surface area contributed by atoms with Crippen LogP contribution >= 0.6 is 0 Å². The number of rotatable bonds is 11. The van der Waals surface area contributed by atoms with Gasteiger partial charge in [0.2, 0.25) is 0 Å². The van der Waals surface area contributed by atoms with Crippen molar-refractivity contribution in [3.8, 4) is 0 Å². The van der Waals surface area contributed by atoms with Crippen LogP contribution in [0.4, 0.5) is 0 Å². The van der Waals surface area contributed by atoms with Crippen LogP contribution in [0.3, 0.4) is 0 Å². The van der Waals surface area contributed by atoms with Gasteiger partial charge in [0, 0.05) is 6.42 Å². The fraction of sp³-hybridized carbons (Fsp3) is 0.875. The molecule has 116 valence electrons. The molecule has 0 aromatic rings. The minimum Gasteiger partial charge on any atom is -0.477 e. The molecule has 4 nitrogen and oxygen atoms in total. The normalized spacial score (nSPS) is 22.0. The highest BCUT2D eigenvalue weighted by atomic mass is 16.4. The van der Waals surface area contributed by atoms with Gasteiger partial charge in [-0.1, -0.05) is 45.4 Å². The van der Waals surface area contributed by atoms with E-state index in [1.165, 1.54) is 38.5 Å². The van der Waals surface area contributed by atoms with Gasteiger partial charge in [0.1, 0.15) is 6.54 Å². The summed E-state index contributed by atoms with van der Waals surface area (Å²) in [6, 6.07) is 0. The Morgan fingerprint density at radius 2 is 1.80 bits per heavy atom. The number of aliphatic carboxylic acids is 1. The zero-order valence-corrected chi connectivity index (χ0v) is 13.2. The molecule has 1 aliphatic rings. The zero-order valence-electron chi connectivity index (χ0n) is 13.2. The molecule has 1 N–H and O–H groups in total. The number of carbonyl (C=O) groups is 1. The molecule has 0 aliphatic carbocycles. The molecule has 0 bridgehead atoms. The predicted octanol–water partition coefficient (Wildman–Crippen LogP) is 3.46. The van der Waals surface area contributed by atoms with Crippen LogP contribution in [0.1, 0.15) is 65.2 Å². The van der Waals surface area contributed by atoms with Crippen LogP contribution in [0.15, 0.2) is 4.99 Å². The van der Waals surface area contributed by atoms with Gasteiger partial charge in [0.25, 0.3) is 0 Å². The quantitative estimate of drug-likeness (QED) is 0.466. The fourth-order valence-corrected chi connectivity index (χ4v) is 3.09. The first-order chi connectivity index (χ1) is 9.64. The van der Waals surface area contributed by atoms with Crippen molar-refractivity contribution in [2.24, 2.45) is 4.99 Å². The number of aliphatic imine (C=N–C) groups is 1. The lowest BCUT2D eigenvalue weighted by Gasteiger charge is -2.31. The number of hydrogen-bond acceptors (Lipinski definition) is 2. The average molecular weight is 283 g/mol.